The molecule has 0 aliphatic heterocycles. The van der Waals surface area contributed by atoms with E-state index < -0.39 is 50.0 Å². The van der Waals surface area contributed by atoms with Gasteiger partial charge in [0.05, 0.1) is 0 Å². The van der Waals surface area contributed by atoms with Crippen LogP contribution < -0.4 is 0 Å². The fourth-order valence-electron chi connectivity index (χ4n) is 2.46. The summed E-state index contributed by atoms with van der Waals surface area (Å²) in [4.78, 5) is -1.81. The molecule has 3 nitrogen and oxygen atoms in total. The van der Waals surface area contributed by atoms with E-state index in [0.29, 0.717) is 18.4 Å². The molecule has 9 heteroatoms. The number of nitrogens with zero attached hydrogens (tertiary/aromatic N) is 1. The highest BCUT2D eigenvalue weighted by atomic mass is 32.2. The molecule has 0 radical (unpaired) electrons. The molecular weight excluding hydrogens is 365 g/mol. The van der Waals surface area contributed by atoms with Crippen LogP contribution in [0.5, 0.6) is 0 Å². The third-order valence-electron chi connectivity index (χ3n) is 3.87. The lowest BCUT2D eigenvalue weighted by Gasteiger charge is -2.23. The van der Waals surface area contributed by atoms with Crippen LogP contribution in [0.2, 0.25) is 0 Å². The molecule has 25 heavy (non-hydrogen) atoms. The van der Waals surface area contributed by atoms with Gasteiger partial charge in [0.25, 0.3) is 0 Å². The van der Waals surface area contributed by atoms with Gasteiger partial charge in [-0.05, 0) is 18.4 Å². The summed E-state index contributed by atoms with van der Waals surface area (Å²) < 4.78 is 94.0. The number of hydrogen-bond donors (Lipinski definition) is 0. The van der Waals surface area contributed by atoms with Crippen molar-refractivity contribution in [3.8, 4) is 0 Å². The van der Waals surface area contributed by atoms with Crippen molar-refractivity contribution in [3.05, 3.63) is 65.0 Å². The summed E-state index contributed by atoms with van der Waals surface area (Å²) in [5, 5.41) is 0. The van der Waals surface area contributed by atoms with Gasteiger partial charge in [-0.15, -0.1) is 0 Å². The van der Waals surface area contributed by atoms with Crippen LogP contribution in [0.25, 0.3) is 0 Å². The van der Waals surface area contributed by atoms with Crippen LogP contribution in [0.3, 0.4) is 0 Å². The molecule has 2 aromatic carbocycles. The van der Waals surface area contributed by atoms with Crippen LogP contribution >= 0.6 is 0 Å². The van der Waals surface area contributed by atoms with Crippen molar-refractivity contribution in [1.29, 1.82) is 0 Å². The Morgan fingerprint density at radius 1 is 0.840 bits per heavy atom. The van der Waals surface area contributed by atoms with Gasteiger partial charge >= 0.3 is 0 Å². The Balaban J connectivity index is 2.11. The molecule has 0 atom stereocenters. The topological polar surface area (TPSA) is 37.4 Å². The molecule has 3 rings (SSSR count). The first-order chi connectivity index (χ1) is 11.7. The number of rotatable bonds is 5. The standard InChI is InChI=1S/C16H12F5NO2S/c17-11-12(18)14(20)16(15(21)13(11)19)25(23,24)22(10-6-7-10)8-9-4-2-1-3-5-9/h1-5,10H,6-8H2. The number of sulfonamides is 1. The van der Waals surface area contributed by atoms with Crippen molar-refractivity contribution >= 4 is 10.0 Å². The van der Waals surface area contributed by atoms with Crippen molar-refractivity contribution in [1.82, 2.24) is 4.31 Å². The summed E-state index contributed by atoms with van der Waals surface area (Å²) >= 11 is 0. The van der Waals surface area contributed by atoms with Gasteiger partial charge in [-0.3, -0.25) is 0 Å². The van der Waals surface area contributed by atoms with Gasteiger partial charge in [0, 0.05) is 12.6 Å². The van der Waals surface area contributed by atoms with Crippen molar-refractivity contribution in [2.75, 3.05) is 0 Å². The van der Waals surface area contributed by atoms with E-state index in [-0.39, 0.29) is 6.54 Å². The quantitative estimate of drug-likeness (QED) is 0.452. The lowest BCUT2D eigenvalue weighted by atomic mass is 10.2. The summed E-state index contributed by atoms with van der Waals surface area (Å²) in [6.45, 7) is -0.229. The number of halogens is 5. The Bertz CT molecular complexity index is 885. The smallest absolute Gasteiger partial charge is 0.207 e. The molecule has 0 saturated heterocycles. The molecule has 0 spiro atoms. The first-order valence-electron chi connectivity index (χ1n) is 7.32. The molecule has 0 bridgehead atoms. The summed E-state index contributed by atoms with van der Waals surface area (Å²) in [6, 6.07) is 7.65. The molecule has 2 aromatic rings. The average Bonchev–Trinajstić information content (AvgIpc) is 3.41. The molecular formula is C16H12F5NO2S. The van der Waals surface area contributed by atoms with Crippen LogP contribution in [0.15, 0.2) is 35.2 Å². The van der Waals surface area contributed by atoms with Gasteiger partial charge in [0.2, 0.25) is 15.8 Å². The number of benzene rings is 2. The molecule has 0 unspecified atom stereocenters. The van der Waals surface area contributed by atoms with Crippen LogP contribution in [0.4, 0.5) is 22.0 Å². The predicted molar refractivity (Wildman–Crippen MR) is 78.4 cm³/mol. The summed E-state index contributed by atoms with van der Waals surface area (Å²) in [5.41, 5.74) is 0.529. The summed E-state index contributed by atoms with van der Waals surface area (Å²) in [5.74, 6) is -11.7. The first kappa shape index (κ1) is 17.8. The monoisotopic (exact) mass is 377 g/mol. The average molecular weight is 377 g/mol. The highest BCUT2D eigenvalue weighted by Crippen LogP contribution is 2.36. The van der Waals surface area contributed by atoms with Gasteiger partial charge < -0.3 is 0 Å². The summed E-state index contributed by atoms with van der Waals surface area (Å²) in [6.07, 6.45) is 0.892. The lowest BCUT2D eigenvalue weighted by molar-refractivity contribution is 0.346. The molecule has 0 amide bonds. The van der Waals surface area contributed by atoms with E-state index in [1.54, 1.807) is 30.3 Å². The fraction of sp³-hybridized carbons (Fsp3) is 0.250. The van der Waals surface area contributed by atoms with E-state index >= 15 is 0 Å². The predicted octanol–water partition coefficient (Wildman–Crippen LogP) is 3.74. The Morgan fingerprint density at radius 2 is 1.32 bits per heavy atom. The molecule has 134 valence electrons. The van der Waals surface area contributed by atoms with E-state index in [1.807, 2.05) is 0 Å². The maximum absolute atomic E-state index is 14.0. The normalized spacial score (nSPS) is 15.0. The minimum atomic E-state index is -4.92. The second kappa shape index (κ2) is 6.38. The van der Waals surface area contributed by atoms with E-state index in [2.05, 4.69) is 0 Å². The highest BCUT2D eigenvalue weighted by molar-refractivity contribution is 7.89. The second-order valence-corrected chi connectivity index (χ2v) is 7.49. The third-order valence-corrected chi connectivity index (χ3v) is 5.79. The van der Waals surface area contributed by atoms with E-state index in [4.69, 9.17) is 0 Å². The largest absolute Gasteiger partial charge is 0.249 e. The zero-order chi connectivity index (χ0) is 18.4. The minimum absolute atomic E-state index is 0.229. The molecule has 1 saturated carbocycles. The van der Waals surface area contributed by atoms with Crippen molar-refractivity contribution in [3.63, 3.8) is 0 Å². The maximum Gasteiger partial charge on any atom is 0.249 e. The Morgan fingerprint density at radius 3 is 1.80 bits per heavy atom. The van der Waals surface area contributed by atoms with E-state index in [9.17, 15) is 30.4 Å². The van der Waals surface area contributed by atoms with Crippen LogP contribution in [0.1, 0.15) is 18.4 Å². The Labute approximate surface area is 140 Å². The van der Waals surface area contributed by atoms with Crippen molar-refractivity contribution < 1.29 is 30.4 Å². The molecule has 0 aromatic heterocycles. The zero-order valence-corrected chi connectivity index (χ0v) is 13.5. The molecule has 0 heterocycles. The first-order valence-corrected chi connectivity index (χ1v) is 8.76. The molecule has 1 aliphatic carbocycles. The number of hydrogen-bond acceptors (Lipinski definition) is 2. The van der Waals surface area contributed by atoms with E-state index in [1.165, 1.54) is 0 Å². The molecule has 1 aliphatic rings. The van der Waals surface area contributed by atoms with Crippen molar-refractivity contribution in [2.24, 2.45) is 0 Å². The fourth-order valence-corrected chi connectivity index (χ4v) is 4.25. The second-order valence-electron chi connectivity index (χ2n) is 5.67. The zero-order valence-electron chi connectivity index (χ0n) is 12.6. The lowest BCUT2D eigenvalue weighted by Crippen LogP contribution is -2.34. The Hall–Kier alpha value is -2.00. The van der Waals surface area contributed by atoms with Gasteiger partial charge in [0.1, 0.15) is 0 Å². The van der Waals surface area contributed by atoms with Gasteiger partial charge in [0.15, 0.2) is 28.2 Å². The maximum atomic E-state index is 14.0. The summed E-state index contributed by atoms with van der Waals surface area (Å²) in [7, 11) is -4.92. The minimum Gasteiger partial charge on any atom is -0.207 e. The molecule has 1 fully saturated rings. The molecule has 0 N–H and O–H groups in total. The van der Waals surface area contributed by atoms with Crippen LogP contribution in [-0.2, 0) is 16.6 Å². The third kappa shape index (κ3) is 3.13. The van der Waals surface area contributed by atoms with Gasteiger partial charge in [-0.2, -0.15) is 4.31 Å². The van der Waals surface area contributed by atoms with Crippen molar-refractivity contribution in [2.45, 2.75) is 30.3 Å². The van der Waals surface area contributed by atoms with Crippen LogP contribution in [0, 0.1) is 29.1 Å². The van der Waals surface area contributed by atoms with Crippen LogP contribution in [-0.4, -0.2) is 18.8 Å². The highest BCUT2D eigenvalue weighted by Gasteiger charge is 2.43. The SMILES string of the molecule is O=S(=O)(c1c(F)c(F)c(F)c(F)c1F)N(Cc1ccccc1)C1CC1. The van der Waals surface area contributed by atoms with Gasteiger partial charge in [-0.1, -0.05) is 30.3 Å². The van der Waals surface area contributed by atoms with Gasteiger partial charge in [-0.25, -0.2) is 30.4 Å². The van der Waals surface area contributed by atoms with E-state index in [0.717, 1.165) is 4.31 Å². The Kier molecular flexibility index (Phi) is 4.54.